The third-order valence-electron chi connectivity index (χ3n) is 3.17. The molecule has 0 aromatic heterocycles. The van der Waals surface area contributed by atoms with Crippen molar-refractivity contribution >= 4 is 5.69 Å². The molecule has 1 fully saturated rings. The quantitative estimate of drug-likeness (QED) is 0.725. The van der Waals surface area contributed by atoms with Gasteiger partial charge in [-0.25, -0.2) is 0 Å². The first-order valence-corrected chi connectivity index (χ1v) is 5.79. The van der Waals surface area contributed by atoms with Crippen molar-refractivity contribution in [3.8, 4) is 5.75 Å². The molecule has 1 saturated carbocycles. The molecule has 82 valence electrons. The summed E-state index contributed by atoms with van der Waals surface area (Å²) in [6.07, 6.45) is 5.23. The highest BCUT2D eigenvalue weighted by Gasteiger charge is 2.18. The lowest BCUT2D eigenvalue weighted by Crippen LogP contribution is -2.26. The number of nitrogens with one attached hydrogen (secondary N) is 1. The van der Waals surface area contributed by atoms with E-state index in [0.717, 1.165) is 11.6 Å². The molecule has 2 unspecified atom stereocenters. The van der Waals surface area contributed by atoms with Crippen LogP contribution in [0.25, 0.3) is 0 Å². The van der Waals surface area contributed by atoms with E-state index in [0.29, 0.717) is 11.8 Å². The normalized spacial score (nSPS) is 26.2. The van der Waals surface area contributed by atoms with Crippen LogP contribution in [0.15, 0.2) is 24.3 Å². The molecule has 2 atom stereocenters. The maximum atomic E-state index is 9.18. The van der Waals surface area contributed by atoms with E-state index < -0.39 is 0 Å². The monoisotopic (exact) mass is 205 g/mol. The molecule has 15 heavy (non-hydrogen) atoms. The molecule has 0 amide bonds. The zero-order valence-corrected chi connectivity index (χ0v) is 9.24. The molecule has 0 aliphatic heterocycles. The Morgan fingerprint density at radius 3 is 2.60 bits per heavy atom. The van der Waals surface area contributed by atoms with Gasteiger partial charge >= 0.3 is 0 Å². The summed E-state index contributed by atoms with van der Waals surface area (Å²) in [5.41, 5.74) is 1.12. The Kier molecular flexibility index (Phi) is 3.14. The minimum Gasteiger partial charge on any atom is -0.508 e. The van der Waals surface area contributed by atoms with Gasteiger partial charge in [-0.3, -0.25) is 0 Å². The van der Waals surface area contributed by atoms with Crippen molar-refractivity contribution < 1.29 is 5.11 Å². The van der Waals surface area contributed by atoms with Crippen LogP contribution < -0.4 is 5.32 Å². The average molecular weight is 205 g/mol. The Hall–Kier alpha value is -1.18. The molecule has 2 N–H and O–H groups in total. The van der Waals surface area contributed by atoms with Gasteiger partial charge in [0.05, 0.1) is 0 Å². The molecule has 1 aromatic rings. The van der Waals surface area contributed by atoms with E-state index >= 15 is 0 Å². The molecule has 1 aliphatic carbocycles. The summed E-state index contributed by atoms with van der Waals surface area (Å²) >= 11 is 0. The van der Waals surface area contributed by atoms with Crippen LogP contribution in [0.3, 0.4) is 0 Å². The molecule has 2 nitrogen and oxygen atoms in total. The van der Waals surface area contributed by atoms with Gasteiger partial charge in [0.2, 0.25) is 0 Å². The third kappa shape index (κ3) is 2.88. The summed E-state index contributed by atoms with van der Waals surface area (Å²) in [7, 11) is 0. The SMILES string of the molecule is CC1CCCC(Nc2ccc(O)cc2)C1. The highest BCUT2D eigenvalue weighted by Crippen LogP contribution is 2.26. The van der Waals surface area contributed by atoms with Crippen molar-refractivity contribution in [2.24, 2.45) is 5.92 Å². The fraction of sp³-hybridized carbons (Fsp3) is 0.538. The second-order valence-corrected chi connectivity index (χ2v) is 4.66. The molecule has 2 heteroatoms. The molecule has 0 heterocycles. The van der Waals surface area contributed by atoms with Crippen molar-refractivity contribution in [2.75, 3.05) is 5.32 Å². The van der Waals surface area contributed by atoms with Gasteiger partial charge in [0.1, 0.15) is 5.75 Å². The fourth-order valence-electron chi connectivity index (χ4n) is 2.36. The fourth-order valence-corrected chi connectivity index (χ4v) is 2.36. The van der Waals surface area contributed by atoms with Gasteiger partial charge in [0, 0.05) is 11.7 Å². The van der Waals surface area contributed by atoms with Crippen LogP contribution in [0.2, 0.25) is 0 Å². The Labute approximate surface area is 91.3 Å². The van der Waals surface area contributed by atoms with E-state index in [4.69, 9.17) is 0 Å². The Morgan fingerprint density at radius 2 is 1.93 bits per heavy atom. The molecule has 0 spiro atoms. The maximum Gasteiger partial charge on any atom is 0.115 e. The Bertz CT molecular complexity index is 307. The number of phenolic OH excluding ortho intramolecular Hbond substituents is 1. The smallest absolute Gasteiger partial charge is 0.115 e. The average Bonchev–Trinajstić information content (AvgIpc) is 2.22. The molecule has 0 bridgehead atoms. The zero-order valence-electron chi connectivity index (χ0n) is 9.24. The van der Waals surface area contributed by atoms with Gasteiger partial charge in [0.25, 0.3) is 0 Å². The predicted octanol–water partition coefficient (Wildman–Crippen LogP) is 3.38. The highest BCUT2D eigenvalue weighted by atomic mass is 16.3. The maximum absolute atomic E-state index is 9.18. The molecule has 0 radical (unpaired) electrons. The second kappa shape index (κ2) is 4.56. The number of benzene rings is 1. The number of aromatic hydroxyl groups is 1. The van der Waals surface area contributed by atoms with Crippen molar-refractivity contribution in [3.63, 3.8) is 0 Å². The van der Waals surface area contributed by atoms with Gasteiger partial charge in [-0.05, 0) is 43.0 Å². The van der Waals surface area contributed by atoms with E-state index in [2.05, 4.69) is 12.2 Å². The lowest BCUT2D eigenvalue weighted by atomic mass is 9.87. The summed E-state index contributed by atoms with van der Waals surface area (Å²) in [5.74, 6) is 1.17. The second-order valence-electron chi connectivity index (χ2n) is 4.66. The summed E-state index contributed by atoms with van der Waals surface area (Å²) in [4.78, 5) is 0. The van der Waals surface area contributed by atoms with Crippen molar-refractivity contribution in [1.29, 1.82) is 0 Å². The topological polar surface area (TPSA) is 32.3 Å². The van der Waals surface area contributed by atoms with Crippen molar-refractivity contribution in [2.45, 2.75) is 38.6 Å². The zero-order chi connectivity index (χ0) is 10.7. The van der Waals surface area contributed by atoms with Crippen LogP contribution >= 0.6 is 0 Å². The molecular weight excluding hydrogens is 186 g/mol. The number of anilines is 1. The number of phenols is 1. The van der Waals surface area contributed by atoms with Crippen LogP contribution in [-0.2, 0) is 0 Å². The minimum absolute atomic E-state index is 0.331. The number of hydrogen-bond donors (Lipinski definition) is 2. The van der Waals surface area contributed by atoms with E-state index in [1.807, 2.05) is 12.1 Å². The molecular formula is C13H19NO. The first-order chi connectivity index (χ1) is 7.24. The van der Waals surface area contributed by atoms with Crippen LogP contribution in [0, 0.1) is 5.92 Å². The van der Waals surface area contributed by atoms with Gasteiger partial charge in [-0.2, -0.15) is 0 Å². The first-order valence-electron chi connectivity index (χ1n) is 5.79. The van der Waals surface area contributed by atoms with Gasteiger partial charge in [0.15, 0.2) is 0 Å². The Morgan fingerprint density at radius 1 is 1.20 bits per heavy atom. The number of rotatable bonds is 2. The lowest BCUT2D eigenvalue weighted by Gasteiger charge is -2.28. The molecule has 2 rings (SSSR count). The van der Waals surface area contributed by atoms with E-state index in [9.17, 15) is 5.11 Å². The van der Waals surface area contributed by atoms with Crippen molar-refractivity contribution in [3.05, 3.63) is 24.3 Å². The van der Waals surface area contributed by atoms with E-state index in [1.165, 1.54) is 25.7 Å². The summed E-state index contributed by atoms with van der Waals surface area (Å²) < 4.78 is 0. The minimum atomic E-state index is 0.331. The van der Waals surface area contributed by atoms with Crippen molar-refractivity contribution in [1.82, 2.24) is 0 Å². The Balaban J connectivity index is 1.93. The molecule has 0 saturated heterocycles. The highest BCUT2D eigenvalue weighted by molar-refractivity contribution is 5.46. The van der Waals surface area contributed by atoms with Crippen LogP contribution in [0.4, 0.5) is 5.69 Å². The molecule has 1 aliphatic rings. The van der Waals surface area contributed by atoms with E-state index in [-0.39, 0.29) is 0 Å². The van der Waals surface area contributed by atoms with Gasteiger partial charge in [-0.1, -0.05) is 19.8 Å². The predicted molar refractivity (Wildman–Crippen MR) is 63.1 cm³/mol. The largest absolute Gasteiger partial charge is 0.508 e. The van der Waals surface area contributed by atoms with Crippen LogP contribution in [0.5, 0.6) is 5.75 Å². The molecule has 1 aromatic carbocycles. The first kappa shape index (κ1) is 10.3. The summed E-state index contributed by atoms with van der Waals surface area (Å²) in [6.45, 7) is 2.32. The van der Waals surface area contributed by atoms with Gasteiger partial charge in [-0.15, -0.1) is 0 Å². The van der Waals surface area contributed by atoms with E-state index in [1.54, 1.807) is 12.1 Å². The standard InChI is InChI=1S/C13H19NO/c1-10-3-2-4-12(9-10)14-11-5-7-13(15)8-6-11/h5-8,10,12,14-15H,2-4,9H2,1H3. The summed E-state index contributed by atoms with van der Waals surface area (Å²) in [6, 6.07) is 7.95. The summed E-state index contributed by atoms with van der Waals surface area (Å²) in [5, 5.41) is 12.7. The van der Waals surface area contributed by atoms with Gasteiger partial charge < -0.3 is 10.4 Å². The third-order valence-corrected chi connectivity index (χ3v) is 3.17. The lowest BCUT2D eigenvalue weighted by molar-refractivity contribution is 0.358. The van der Waals surface area contributed by atoms with Crippen LogP contribution in [0.1, 0.15) is 32.6 Å². The van der Waals surface area contributed by atoms with Crippen LogP contribution in [-0.4, -0.2) is 11.1 Å². The number of hydrogen-bond acceptors (Lipinski definition) is 2.